The van der Waals surface area contributed by atoms with Crippen LogP contribution in [0.15, 0.2) is 72.9 Å². The molecule has 2 aromatic carbocycles. The second-order valence-electron chi connectivity index (χ2n) is 5.69. The van der Waals surface area contributed by atoms with Gasteiger partial charge < -0.3 is 5.11 Å². The molecule has 0 aliphatic rings. The smallest absolute Gasteiger partial charge is 0.115 e. The van der Waals surface area contributed by atoms with Crippen LogP contribution in [0.2, 0.25) is 0 Å². The van der Waals surface area contributed by atoms with Crippen molar-refractivity contribution in [2.45, 2.75) is 0 Å². The summed E-state index contributed by atoms with van der Waals surface area (Å²) in [6, 6.07) is 22.3. The van der Waals surface area contributed by atoms with Crippen molar-refractivity contribution in [1.82, 2.24) is 9.97 Å². The third-order valence-corrected chi connectivity index (χ3v) is 4.05. The summed E-state index contributed by atoms with van der Waals surface area (Å²) in [6.07, 6.45) is 1.80. The topological polar surface area (TPSA) is 69.8 Å². The van der Waals surface area contributed by atoms with Gasteiger partial charge in [-0.25, -0.2) is 4.98 Å². The molecule has 1 N–H and O–H groups in total. The Bertz CT molecular complexity index is 1090. The van der Waals surface area contributed by atoms with Crippen LogP contribution in [0.3, 0.4) is 0 Å². The molecule has 0 fully saturated rings. The molecular formula is C21H13N3O. The Labute approximate surface area is 144 Å². The van der Waals surface area contributed by atoms with Crippen molar-refractivity contribution in [2.24, 2.45) is 0 Å². The Morgan fingerprint density at radius 1 is 0.800 bits per heavy atom. The summed E-state index contributed by atoms with van der Waals surface area (Å²) in [5, 5.41) is 19.3. The number of pyridine rings is 2. The molecule has 0 spiro atoms. The molecule has 0 unspecified atom stereocenters. The number of benzene rings is 2. The predicted octanol–water partition coefficient (Wildman–Crippen LogP) is 4.54. The first-order chi connectivity index (χ1) is 12.2. The molecule has 0 aliphatic heterocycles. The van der Waals surface area contributed by atoms with E-state index < -0.39 is 0 Å². The molecule has 0 radical (unpaired) electrons. The number of nitrogens with zero attached hydrogens (tertiary/aromatic N) is 3. The summed E-state index contributed by atoms with van der Waals surface area (Å²) >= 11 is 0. The number of hydrogen-bond acceptors (Lipinski definition) is 4. The van der Waals surface area contributed by atoms with Crippen molar-refractivity contribution in [2.75, 3.05) is 0 Å². The van der Waals surface area contributed by atoms with Crippen molar-refractivity contribution >= 4 is 10.9 Å². The van der Waals surface area contributed by atoms with Gasteiger partial charge in [0.15, 0.2) is 0 Å². The van der Waals surface area contributed by atoms with E-state index in [9.17, 15) is 5.11 Å². The fourth-order valence-corrected chi connectivity index (χ4v) is 2.68. The summed E-state index contributed by atoms with van der Waals surface area (Å²) in [6.45, 7) is 0. The van der Waals surface area contributed by atoms with Gasteiger partial charge in [0.25, 0.3) is 0 Å². The Morgan fingerprint density at radius 3 is 2.20 bits per heavy atom. The number of fused-ring (bicyclic) bond motifs is 1. The molecule has 118 valence electrons. The van der Waals surface area contributed by atoms with Gasteiger partial charge in [-0.2, -0.15) is 5.26 Å². The molecule has 0 aliphatic carbocycles. The van der Waals surface area contributed by atoms with E-state index in [1.54, 1.807) is 30.5 Å². The molecule has 4 rings (SSSR count). The Hall–Kier alpha value is -3.71. The summed E-state index contributed by atoms with van der Waals surface area (Å²) < 4.78 is 0. The average Bonchev–Trinajstić information content (AvgIpc) is 2.68. The maximum Gasteiger partial charge on any atom is 0.115 e. The van der Waals surface area contributed by atoms with Crippen LogP contribution in [-0.2, 0) is 0 Å². The van der Waals surface area contributed by atoms with E-state index in [1.807, 2.05) is 42.5 Å². The van der Waals surface area contributed by atoms with E-state index in [1.165, 1.54) is 0 Å². The lowest BCUT2D eigenvalue weighted by Gasteiger charge is -2.06. The largest absolute Gasteiger partial charge is 0.508 e. The second-order valence-corrected chi connectivity index (χ2v) is 5.69. The van der Waals surface area contributed by atoms with Crippen LogP contribution in [-0.4, -0.2) is 15.1 Å². The molecule has 25 heavy (non-hydrogen) atoms. The standard InChI is InChI=1S/C21H13N3O/c22-12-14-1-3-16(4-2-14)20-11-21-17(13-23-20)7-10-19(24-21)15-5-8-18(25)9-6-15/h1-11,13,25H. The summed E-state index contributed by atoms with van der Waals surface area (Å²) in [5.74, 6) is 0.233. The van der Waals surface area contributed by atoms with E-state index in [-0.39, 0.29) is 5.75 Å². The molecule has 0 amide bonds. The third-order valence-electron chi connectivity index (χ3n) is 4.05. The lowest BCUT2D eigenvalue weighted by Crippen LogP contribution is -1.89. The van der Waals surface area contributed by atoms with Crippen molar-refractivity contribution in [3.8, 4) is 34.3 Å². The number of phenols is 1. The number of rotatable bonds is 2. The summed E-state index contributed by atoms with van der Waals surface area (Å²) in [4.78, 5) is 9.21. The van der Waals surface area contributed by atoms with E-state index >= 15 is 0 Å². The molecule has 4 nitrogen and oxygen atoms in total. The number of aromatic hydroxyl groups is 1. The normalized spacial score (nSPS) is 10.5. The fraction of sp³-hybridized carbons (Fsp3) is 0. The van der Waals surface area contributed by atoms with Gasteiger partial charge in [0.05, 0.1) is 28.5 Å². The van der Waals surface area contributed by atoms with E-state index in [0.29, 0.717) is 5.56 Å². The first kappa shape index (κ1) is 14.9. The van der Waals surface area contributed by atoms with Crippen LogP contribution in [0, 0.1) is 11.3 Å². The molecule has 0 bridgehead atoms. The van der Waals surface area contributed by atoms with E-state index in [2.05, 4.69) is 11.1 Å². The molecular weight excluding hydrogens is 310 g/mol. The maximum absolute atomic E-state index is 9.43. The highest BCUT2D eigenvalue weighted by Gasteiger charge is 2.05. The molecule has 4 aromatic rings. The highest BCUT2D eigenvalue weighted by molar-refractivity contribution is 5.84. The molecule has 4 heteroatoms. The lowest BCUT2D eigenvalue weighted by molar-refractivity contribution is 0.475. The first-order valence-corrected chi connectivity index (χ1v) is 7.80. The predicted molar refractivity (Wildman–Crippen MR) is 96.8 cm³/mol. The summed E-state index contributed by atoms with van der Waals surface area (Å²) in [7, 11) is 0. The van der Waals surface area contributed by atoms with Gasteiger partial charge in [-0.3, -0.25) is 4.98 Å². The molecule has 2 heterocycles. The zero-order chi connectivity index (χ0) is 17.2. The quantitative estimate of drug-likeness (QED) is 0.588. The van der Waals surface area contributed by atoms with E-state index in [0.717, 1.165) is 33.4 Å². The fourth-order valence-electron chi connectivity index (χ4n) is 2.68. The van der Waals surface area contributed by atoms with Crippen molar-refractivity contribution in [3.05, 3.63) is 78.5 Å². The number of phenolic OH excluding ortho intramolecular Hbond substituents is 1. The van der Waals surface area contributed by atoms with E-state index in [4.69, 9.17) is 10.2 Å². The Balaban J connectivity index is 1.78. The van der Waals surface area contributed by atoms with Gasteiger partial charge in [0.2, 0.25) is 0 Å². The molecule has 0 saturated heterocycles. The van der Waals surface area contributed by atoms with Gasteiger partial charge in [0.1, 0.15) is 5.75 Å². The number of nitriles is 1. The molecule has 0 atom stereocenters. The highest BCUT2D eigenvalue weighted by Crippen LogP contribution is 2.25. The van der Waals surface area contributed by atoms with Gasteiger partial charge in [-0.05, 0) is 54.6 Å². The zero-order valence-corrected chi connectivity index (χ0v) is 13.2. The average molecular weight is 323 g/mol. The van der Waals surface area contributed by atoms with Crippen LogP contribution >= 0.6 is 0 Å². The van der Waals surface area contributed by atoms with Crippen molar-refractivity contribution < 1.29 is 5.11 Å². The number of hydrogen-bond donors (Lipinski definition) is 1. The van der Waals surface area contributed by atoms with Crippen LogP contribution < -0.4 is 0 Å². The van der Waals surface area contributed by atoms with Crippen LogP contribution in [0.4, 0.5) is 0 Å². The number of aromatic nitrogens is 2. The van der Waals surface area contributed by atoms with Gasteiger partial charge >= 0.3 is 0 Å². The minimum absolute atomic E-state index is 0.233. The minimum atomic E-state index is 0.233. The van der Waals surface area contributed by atoms with Crippen molar-refractivity contribution in [1.29, 1.82) is 5.26 Å². The van der Waals surface area contributed by atoms with Crippen LogP contribution in [0.1, 0.15) is 5.56 Å². The maximum atomic E-state index is 9.43. The molecule has 2 aromatic heterocycles. The van der Waals surface area contributed by atoms with Crippen molar-refractivity contribution in [3.63, 3.8) is 0 Å². The van der Waals surface area contributed by atoms with Gasteiger partial charge in [-0.15, -0.1) is 0 Å². The Morgan fingerprint density at radius 2 is 1.48 bits per heavy atom. The van der Waals surface area contributed by atoms with Crippen LogP contribution in [0.5, 0.6) is 5.75 Å². The third kappa shape index (κ3) is 2.91. The first-order valence-electron chi connectivity index (χ1n) is 7.80. The second kappa shape index (κ2) is 6.06. The Kier molecular flexibility index (Phi) is 3.60. The lowest BCUT2D eigenvalue weighted by atomic mass is 10.1. The van der Waals surface area contributed by atoms with Gasteiger partial charge in [-0.1, -0.05) is 12.1 Å². The zero-order valence-electron chi connectivity index (χ0n) is 13.2. The van der Waals surface area contributed by atoms with Gasteiger partial charge in [0, 0.05) is 22.7 Å². The SMILES string of the molecule is N#Cc1ccc(-c2cc3nc(-c4ccc(O)cc4)ccc3cn2)cc1. The monoisotopic (exact) mass is 323 g/mol. The highest BCUT2D eigenvalue weighted by atomic mass is 16.3. The molecule has 0 saturated carbocycles. The summed E-state index contributed by atoms with van der Waals surface area (Å²) in [5.41, 5.74) is 5.00. The van der Waals surface area contributed by atoms with Crippen LogP contribution in [0.25, 0.3) is 33.4 Å². The minimum Gasteiger partial charge on any atom is -0.508 e.